The van der Waals surface area contributed by atoms with Gasteiger partial charge in [-0.3, -0.25) is 0 Å². The lowest BCUT2D eigenvalue weighted by molar-refractivity contribution is -0.440. The number of benzene rings is 2. The van der Waals surface area contributed by atoms with E-state index in [2.05, 4.69) is 11.8 Å². The molecule has 0 aliphatic rings. The molecule has 0 atom stereocenters. The number of hydrogen-bond donors (Lipinski definition) is 0. The molecule has 2 rings (SSSR count). The van der Waals surface area contributed by atoms with Crippen LogP contribution in [0.4, 0.5) is 57.1 Å². The van der Waals surface area contributed by atoms with Crippen LogP contribution < -0.4 is 4.74 Å². The van der Waals surface area contributed by atoms with E-state index in [1.165, 1.54) is 24.3 Å². The highest BCUT2D eigenvalue weighted by Gasteiger charge is 2.90. The summed E-state index contributed by atoms with van der Waals surface area (Å²) in [5.74, 6) is -31.0. The van der Waals surface area contributed by atoms with Gasteiger partial charge in [-0.2, -0.15) is 62.3 Å². The molecule has 2 nitrogen and oxygen atoms in total. The molecule has 2 aromatic rings. The van der Waals surface area contributed by atoms with E-state index in [-0.39, 0.29) is 5.75 Å². The van der Waals surface area contributed by atoms with Crippen molar-refractivity contribution in [1.29, 1.82) is 5.26 Å². The SMILES string of the molecule is N#Cc1ccc(C#Cc2ccc(OCCCCC(F)(F)C(F)(F)C(F)(F)C(F)(F)C(F)(F)C(F)(F)F)cc2)cc1. The number of rotatable bonds is 10. The van der Waals surface area contributed by atoms with Crippen molar-refractivity contribution in [2.24, 2.45) is 0 Å². The van der Waals surface area contributed by atoms with Crippen LogP contribution in [0.5, 0.6) is 5.75 Å². The monoisotopic (exact) mass is 593 g/mol. The Labute approximate surface area is 218 Å². The van der Waals surface area contributed by atoms with Crippen LogP contribution in [-0.2, 0) is 0 Å². The first-order valence-electron chi connectivity index (χ1n) is 10.9. The number of halogens is 13. The van der Waals surface area contributed by atoms with Crippen molar-refractivity contribution >= 4 is 0 Å². The van der Waals surface area contributed by atoms with Crippen LogP contribution in [0, 0.1) is 23.2 Å². The number of ether oxygens (including phenoxy) is 1. The van der Waals surface area contributed by atoms with Crippen LogP contribution in [0.15, 0.2) is 48.5 Å². The summed E-state index contributed by atoms with van der Waals surface area (Å²) in [6.45, 7) is -0.462. The Bertz CT molecular complexity index is 1250. The zero-order valence-electron chi connectivity index (χ0n) is 19.7. The molecule has 0 aliphatic carbocycles. The molecular weight excluding hydrogens is 577 g/mol. The first kappa shape index (κ1) is 32.6. The first-order chi connectivity index (χ1) is 18.2. The molecule has 15 heteroatoms. The Balaban J connectivity index is 1.95. The normalized spacial score (nSPS) is 13.3. The Hall–Kier alpha value is -3.62. The van der Waals surface area contributed by atoms with Crippen molar-refractivity contribution in [2.75, 3.05) is 6.61 Å². The van der Waals surface area contributed by atoms with E-state index >= 15 is 0 Å². The fourth-order valence-corrected chi connectivity index (χ4v) is 3.01. The first-order valence-corrected chi connectivity index (χ1v) is 10.9. The summed E-state index contributed by atoms with van der Waals surface area (Å²) >= 11 is 0. The van der Waals surface area contributed by atoms with Crippen molar-refractivity contribution in [3.8, 4) is 23.7 Å². The van der Waals surface area contributed by atoms with Gasteiger partial charge in [-0.25, -0.2) is 0 Å². The molecule has 0 heterocycles. The summed E-state index contributed by atoms with van der Waals surface area (Å²) in [6.07, 6.45) is -11.3. The summed E-state index contributed by atoms with van der Waals surface area (Å²) in [6, 6.07) is 14.0. The van der Waals surface area contributed by atoms with Gasteiger partial charge in [0.1, 0.15) is 5.75 Å². The highest BCUT2D eigenvalue weighted by molar-refractivity contribution is 5.45. The molecule has 0 amide bonds. The minimum absolute atomic E-state index is 0.140. The van der Waals surface area contributed by atoms with E-state index in [1.54, 1.807) is 24.3 Å². The summed E-state index contributed by atoms with van der Waals surface area (Å²) < 4.78 is 176. The lowest BCUT2D eigenvalue weighted by atomic mass is 9.92. The molecule has 0 saturated heterocycles. The van der Waals surface area contributed by atoms with Crippen LogP contribution in [-0.4, -0.2) is 42.4 Å². The average molecular weight is 593 g/mol. The van der Waals surface area contributed by atoms with Gasteiger partial charge >= 0.3 is 35.8 Å². The molecule has 218 valence electrons. The van der Waals surface area contributed by atoms with E-state index in [0.717, 1.165) is 0 Å². The zero-order chi connectivity index (χ0) is 30.6. The van der Waals surface area contributed by atoms with Gasteiger partial charge in [0, 0.05) is 17.5 Å². The largest absolute Gasteiger partial charge is 0.494 e. The number of unbranched alkanes of at least 4 members (excludes halogenated alkanes) is 1. The van der Waals surface area contributed by atoms with Gasteiger partial charge in [0.05, 0.1) is 18.2 Å². The second kappa shape index (κ2) is 11.5. The Morgan fingerprint density at radius 2 is 0.975 bits per heavy atom. The van der Waals surface area contributed by atoms with Gasteiger partial charge in [-0.1, -0.05) is 11.8 Å². The van der Waals surface area contributed by atoms with Gasteiger partial charge in [-0.15, -0.1) is 0 Å². The summed E-state index contributed by atoms with van der Waals surface area (Å²) in [5, 5.41) is 8.76. The fraction of sp³-hybridized carbons (Fsp3) is 0.400. The van der Waals surface area contributed by atoms with Crippen LogP contribution in [0.2, 0.25) is 0 Å². The summed E-state index contributed by atoms with van der Waals surface area (Å²) in [4.78, 5) is 0. The molecule has 0 unspecified atom stereocenters. The molecule has 0 N–H and O–H groups in total. The van der Waals surface area contributed by atoms with E-state index in [9.17, 15) is 57.1 Å². The van der Waals surface area contributed by atoms with E-state index in [4.69, 9.17) is 10.00 Å². The molecule has 0 spiro atoms. The maximum Gasteiger partial charge on any atom is 0.460 e. The standard InChI is InChI=1S/C25H16F13NO/c26-20(27,21(28,29)22(30,31)23(32,33)24(34,35)25(36,37)38)13-1-2-14-40-19-11-9-17(10-12-19)4-3-16-5-7-18(15-39)8-6-16/h5-12H,1-2,13-14H2. The Morgan fingerprint density at radius 1 is 0.550 bits per heavy atom. The fourth-order valence-electron chi connectivity index (χ4n) is 3.01. The van der Waals surface area contributed by atoms with E-state index in [1.807, 2.05) is 6.07 Å². The highest BCUT2D eigenvalue weighted by atomic mass is 19.4. The van der Waals surface area contributed by atoms with Crippen LogP contribution >= 0.6 is 0 Å². The smallest absolute Gasteiger partial charge is 0.460 e. The second-order valence-corrected chi connectivity index (χ2v) is 8.27. The van der Waals surface area contributed by atoms with Gasteiger partial charge in [-0.05, 0) is 61.4 Å². The lowest BCUT2D eigenvalue weighted by Gasteiger charge is -2.39. The molecule has 0 saturated carbocycles. The number of alkyl halides is 13. The molecule has 0 fully saturated rings. The van der Waals surface area contributed by atoms with Gasteiger partial charge in [0.15, 0.2) is 0 Å². The average Bonchev–Trinajstić information content (AvgIpc) is 2.87. The maximum atomic E-state index is 13.8. The molecular formula is C25H16F13NO. The van der Waals surface area contributed by atoms with Crippen molar-refractivity contribution < 1.29 is 61.8 Å². The summed E-state index contributed by atoms with van der Waals surface area (Å²) in [7, 11) is 0. The van der Waals surface area contributed by atoms with Crippen LogP contribution in [0.25, 0.3) is 0 Å². The molecule has 40 heavy (non-hydrogen) atoms. The van der Waals surface area contributed by atoms with Crippen molar-refractivity contribution in [2.45, 2.75) is 55.1 Å². The molecule has 0 aromatic heterocycles. The lowest BCUT2D eigenvalue weighted by Crippen LogP contribution is -2.70. The van der Waals surface area contributed by atoms with Crippen LogP contribution in [0.1, 0.15) is 36.0 Å². The second-order valence-electron chi connectivity index (χ2n) is 8.27. The predicted molar refractivity (Wildman–Crippen MR) is 114 cm³/mol. The van der Waals surface area contributed by atoms with Crippen molar-refractivity contribution in [3.63, 3.8) is 0 Å². The Kier molecular flexibility index (Phi) is 9.35. The van der Waals surface area contributed by atoms with Gasteiger partial charge in [0.25, 0.3) is 0 Å². The van der Waals surface area contributed by atoms with Gasteiger partial charge < -0.3 is 4.74 Å². The minimum Gasteiger partial charge on any atom is -0.494 e. The molecule has 0 aliphatic heterocycles. The quantitative estimate of drug-likeness (QED) is 0.158. The predicted octanol–water partition coefficient (Wildman–Crippen LogP) is 8.25. The van der Waals surface area contributed by atoms with E-state index in [0.29, 0.717) is 16.7 Å². The number of nitriles is 1. The molecule has 0 bridgehead atoms. The van der Waals surface area contributed by atoms with E-state index < -0.39 is 61.7 Å². The third-order valence-corrected chi connectivity index (χ3v) is 5.37. The number of hydrogen-bond acceptors (Lipinski definition) is 2. The summed E-state index contributed by atoms with van der Waals surface area (Å²) in [5.41, 5.74) is 1.55. The Morgan fingerprint density at radius 3 is 1.43 bits per heavy atom. The third kappa shape index (κ3) is 6.40. The number of nitrogens with zero attached hydrogens (tertiary/aromatic N) is 1. The maximum absolute atomic E-state index is 13.8. The van der Waals surface area contributed by atoms with Gasteiger partial charge in [0.2, 0.25) is 0 Å². The minimum atomic E-state index is -7.90. The molecule has 0 radical (unpaired) electrons. The highest BCUT2D eigenvalue weighted by Crippen LogP contribution is 2.60. The van der Waals surface area contributed by atoms with Crippen molar-refractivity contribution in [1.82, 2.24) is 0 Å². The van der Waals surface area contributed by atoms with Crippen LogP contribution in [0.3, 0.4) is 0 Å². The zero-order valence-corrected chi connectivity index (χ0v) is 19.7. The third-order valence-electron chi connectivity index (χ3n) is 5.37. The topological polar surface area (TPSA) is 33.0 Å². The molecule has 2 aromatic carbocycles. The van der Waals surface area contributed by atoms with Crippen molar-refractivity contribution in [3.05, 3.63) is 65.2 Å².